The number of benzene rings is 1. The Bertz CT molecular complexity index is 403. The van der Waals surface area contributed by atoms with E-state index in [9.17, 15) is 0 Å². The Morgan fingerprint density at radius 3 is 1.29 bits per heavy atom. The maximum atomic E-state index is 6.24. The van der Waals surface area contributed by atoms with E-state index in [4.69, 9.17) is 9.05 Å². The molecule has 0 aromatic heterocycles. The van der Waals surface area contributed by atoms with Gasteiger partial charge in [-0.15, -0.1) is 12.1 Å². The number of rotatable bonds is 8. The monoisotopic (exact) mass is 482 g/mol. The van der Waals surface area contributed by atoms with Crippen molar-refractivity contribution >= 4 is 25.8 Å². The van der Waals surface area contributed by atoms with Crippen LogP contribution in [0.1, 0.15) is 55.4 Å². The topological polar surface area (TPSA) is 18.5 Å². The molecular formula is C18H31ClO2P2Pd. The molecule has 0 radical (unpaired) electrons. The first kappa shape index (κ1) is 24.6. The fourth-order valence-corrected chi connectivity index (χ4v) is 6.32. The molecule has 6 heteroatoms. The van der Waals surface area contributed by atoms with Crippen LogP contribution in [0.4, 0.5) is 0 Å². The predicted octanol–water partition coefficient (Wildman–Crippen LogP) is 7.36. The zero-order valence-electron chi connectivity index (χ0n) is 15.9. The molecule has 0 saturated heterocycles. The summed E-state index contributed by atoms with van der Waals surface area (Å²) in [6.45, 7) is 17.8. The van der Waals surface area contributed by atoms with Crippen LogP contribution in [0.2, 0.25) is 0 Å². The Labute approximate surface area is 166 Å². The normalized spacial score (nSPS) is 11.5. The van der Waals surface area contributed by atoms with Gasteiger partial charge in [0, 0.05) is 34.1 Å². The van der Waals surface area contributed by atoms with Crippen molar-refractivity contribution in [2.75, 3.05) is 0 Å². The summed E-state index contributed by atoms with van der Waals surface area (Å²) in [6.07, 6.45) is 0. The first-order chi connectivity index (χ1) is 11.2. The van der Waals surface area contributed by atoms with Gasteiger partial charge in [-0.2, -0.15) is 6.07 Å². The molecule has 0 aliphatic rings. The number of halogens is 1. The Morgan fingerprint density at radius 1 is 0.750 bits per heavy atom. The van der Waals surface area contributed by atoms with Crippen molar-refractivity contribution in [1.29, 1.82) is 0 Å². The first-order valence-corrected chi connectivity index (χ1v) is 13.1. The molecule has 0 amide bonds. The molecule has 0 spiro atoms. The minimum absolute atomic E-state index is 0.483. The molecule has 0 bridgehead atoms. The SMILES string of the molecule is CC(C)P(Oc1c[c-]cc(OP(C(C)C)C(C)C)c1)C(C)C.[Cl][Pd+]. The van der Waals surface area contributed by atoms with Crippen LogP contribution < -0.4 is 9.05 Å². The average molecular weight is 483 g/mol. The quantitative estimate of drug-likeness (QED) is 0.219. The molecule has 0 heterocycles. The standard InChI is InChI=1S/C18H31O2P2.ClH.Pd/c1-13(2)21(14(3)4)19-17-10-9-11-18(12-17)20-22(15(5)6)16(7)8;;/h10-16H,1-8H3;1H;/q-1;;+2/p-1. The number of hydrogen-bond donors (Lipinski definition) is 0. The third kappa shape index (κ3) is 8.83. The van der Waals surface area contributed by atoms with Crippen LogP contribution in [0.25, 0.3) is 0 Å². The van der Waals surface area contributed by atoms with E-state index in [1.807, 2.05) is 18.2 Å². The Morgan fingerprint density at radius 2 is 1.04 bits per heavy atom. The molecule has 0 saturated carbocycles. The van der Waals surface area contributed by atoms with Crippen LogP contribution in [0, 0.1) is 6.07 Å². The van der Waals surface area contributed by atoms with Gasteiger partial charge in [-0.3, -0.25) is 0 Å². The van der Waals surface area contributed by atoms with Crippen LogP contribution in [0.15, 0.2) is 18.2 Å². The molecule has 0 aliphatic heterocycles. The second kappa shape index (κ2) is 12.9. The Kier molecular flexibility index (Phi) is 13.2. The Hall–Kier alpha value is 0.632. The van der Waals surface area contributed by atoms with Crippen molar-refractivity contribution in [3.05, 3.63) is 24.3 Å². The fourth-order valence-electron chi connectivity index (χ4n) is 2.39. The summed E-state index contributed by atoms with van der Waals surface area (Å²) in [7, 11) is 3.52. The summed E-state index contributed by atoms with van der Waals surface area (Å²) >= 11 is 2.22. The van der Waals surface area contributed by atoms with Gasteiger partial charge >= 0.3 is 27.7 Å². The summed E-state index contributed by atoms with van der Waals surface area (Å²) in [6, 6.07) is 9.02. The molecule has 1 aromatic rings. The van der Waals surface area contributed by atoms with E-state index in [2.05, 4.69) is 89.2 Å². The van der Waals surface area contributed by atoms with Crippen molar-refractivity contribution in [3.63, 3.8) is 0 Å². The van der Waals surface area contributed by atoms with Crippen molar-refractivity contribution in [2.24, 2.45) is 0 Å². The second-order valence-corrected chi connectivity index (χ2v) is 12.6. The average Bonchev–Trinajstić information content (AvgIpc) is 2.51. The zero-order chi connectivity index (χ0) is 18.9. The van der Waals surface area contributed by atoms with Gasteiger partial charge in [-0.25, -0.2) is 0 Å². The molecule has 24 heavy (non-hydrogen) atoms. The van der Waals surface area contributed by atoms with Crippen LogP contribution in [-0.2, 0) is 18.2 Å². The van der Waals surface area contributed by atoms with Crippen molar-refractivity contribution in [1.82, 2.24) is 0 Å². The van der Waals surface area contributed by atoms with Crippen LogP contribution in [-0.4, -0.2) is 22.6 Å². The van der Waals surface area contributed by atoms with Crippen LogP contribution in [0.3, 0.4) is 0 Å². The van der Waals surface area contributed by atoms with Gasteiger partial charge in [-0.05, 0) is 0 Å². The molecule has 2 nitrogen and oxygen atoms in total. The van der Waals surface area contributed by atoms with E-state index in [-0.39, 0.29) is 0 Å². The van der Waals surface area contributed by atoms with E-state index in [1.165, 1.54) is 0 Å². The number of hydrogen-bond acceptors (Lipinski definition) is 2. The molecule has 142 valence electrons. The van der Waals surface area contributed by atoms with Gasteiger partial charge in [0.05, 0.1) is 16.3 Å². The van der Waals surface area contributed by atoms with Gasteiger partial charge in [-0.1, -0.05) is 61.5 Å². The van der Waals surface area contributed by atoms with E-state index >= 15 is 0 Å². The molecule has 0 aliphatic carbocycles. The zero-order valence-corrected chi connectivity index (χ0v) is 20.0. The van der Waals surface area contributed by atoms with Crippen molar-refractivity contribution in [2.45, 2.75) is 78.0 Å². The molecule has 0 N–H and O–H groups in total. The third-order valence-electron chi connectivity index (χ3n) is 3.19. The van der Waals surface area contributed by atoms with E-state index in [0.717, 1.165) is 11.5 Å². The third-order valence-corrected chi connectivity index (χ3v) is 8.11. The fraction of sp³-hybridized carbons (Fsp3) is 0.667. The molecule has 1 aromatic carbocycles. The molecular weight excluding hydrogens is 452 g/mol. The van der Waals surface area contributed by atoms with E-state index in [0.29, 0.717) is 22.6 Å². The predicted molar refractivity (Wildman–Crippen MR) is 107 cm³/mol. The van der Waals surface area contributed by atoms with Crippen LogP contribution in [0.5, 0.6) is 11.5 Å². The van der Waals surface area contributed by atoms with Crippen LogP contribution >= 0.6 is 25.8 Å². The van der Waals surface area contributed by atoms with Gasteiger partial charge < -0.3 is 9.05 Å². The van der Waals surface area contributed by atoms with E-state index in [1.54, 1.807) is 0 Å². The summed E-state index contributed by atoms with van der Waals surface area (Å²) in [5.41, 5.74) is 2.18. The summed E-state index contributed by atoms with van der Waals surface area (Å²) < 4.78 is 12.5. The Balaban J connectivity index is 0.00000254. The minimum atomic E-state index is -0.483. The van der Waals surface area contributed by atoms with Gasteiger partial charge in [0.25, 0.3) is 0 Å². The van der Waals surface area contributed by atoms with Crippen molar-refractivity contribution in [3.8, 4) is 11.5 Å². The van der Waals surface area contributed by atoms with E-state index < -0.39 is 16.3 Å². The molecule has 0 fully saturated rings. The maximum absolute atomic E-state index is 6.24. The first-order valence-electron chi connectivity index (χ1n) is 8.28. The molecule has 0 atom stereocenters. The van der Waals surface area contributed by atoms with Gasteiger partial charge in [0.15, 0.2) is 0 Å². The van der Waals surface area contributed by atoms with Crippen molar-refractivity contribution < 1.29 is 27.2 Å². The molecule has 0 unspecified atom stereocenters. The van der Waals surface area contributed by atoms with Gasteiger partial charge in [0.2, 0.25) is 0 Å². The second-order valence-electron chi connectivity index (χ2n) is 6.68. The van der Waals surface area contributed by atoms with Gasteiger partial charge in [0.1, 0.15) is 0 Å². The molecule has 1 rings (SSSR count). The summed E-state index contributed by atoms with van der Waals surface area (Å²) in [5, 5.41) is 0. The summed E-state index contributed by atoms with van der Waals surface area (Å²) in [5.74, 6) is 1.77. The summed E-state index contributed by atoms with van der Waals surface area (Å²) in [4.78, 5) is 0.